The molecular formula is C44H49NO6S. The number of rotatable bonds is 11. The Morgan fingerprint density at radius 1 is 0.846 bits per heavy atom. The van der Waals surface area contributed by atoms with E-state index in [2.05, 4.69) is 52.0 Å². The van der Waals surface area contributed by atoms with Gasteiger partial charge in [0, 0.05) is 30.9 Å². The summed E-state index contributed by atoms with van der Waals surface area (Å²) in [6.45, 7) is 10.6. The van der Waals surface area contributed by atoms with Crippen LogP contribution in [-0.4, -0.2) is 43.6 Å². The highest BCUT2D eigenvalue weighted by Crippen LogP contribution is 2.62. The van der Waals surface area contributed by atoms with Crippen LogP contribution in [0.3, 0.4) is 0 Å². The number of carbonyl (C=O) groups is 1. The lowest BCUT2D eigenvalue weighted by Gasteiger charge is -2.57. The number of hydrogen-bond donors (Lipinski definition) is 0. The molecule has 1 fully saturated rings. The summed E-state index contributed by atoms with van der Waals surface area (Å²) in [6, 6.07) is 15.9. The SMILES string of the molecule is CC(C)C1=CC2=CCC3C(C)(C(=O)OCCOCCOCCn4c(=O)c5ccc6sc7ccccc7c7ccc(c4=O)c5c67)CCCC3(C)C2CC1. The molecule has 0 radical (unpaired) electrons. The quantitative estimate of drug-likeness (QED) is 0.0587. The molecule has 4 atom stereocenters. The summed E-state index contributed by atoms with van der Waals surface area (Å²) >= 11 is 1.68. The summed E-state index contributed by atoms with van der Waals surface area (Å²) in [5.41, 5.74) is 2.07. The summed E-state index contributed by atoms with van der Waals surface area (Å²) in [5.74, 6) is 1.27. The second-order valence-corrected chi connectivity index (χ2v) is 17.1. The maximum absolute atomic E-state index is 13.6. The topological polar surface area (TPSA) is 83.8 Å². The van der Waals surface area contributed by atoms with Crippen molar-refractivity contribution in [2.75, 3.05) is 33.0 Å². The molecule has 0 aliphatic heterocycles. The molecule has 3 aliphatic rings. The van der Waals surface area contributed by atoms with Crippen molar-refractivity contribution in [3.63, 3.8) is 0 Å². The molecule has 3 aromatic carbocycles. The van der Waals surface area contributed by atoms with E-state index in [1.165, 1.54) is 21.3 Å². The second-order valence-electron chi connectivity index (χ2n) is 16.0. The lowest BCUT2D eigenvalue weighted by atomic mass is 9.47. The number of hydrogen-bond acceptors (Lipinski definition) is 7. The van der Waals surface area contributed by atoms with E-state index in [0.717, 1.165) is 58.3 Å². The van der Waals surface area contributed by atoms with Crippen LogP contribution in [0.4, 0.5) is 0 Å². The first kappa shape index (κ1) is 35.2. The Morgan fingerprint density at radius 3 is 2.35 bits per heavy atom. The Balaban J connectivity index is 0.835. The zero-order chi connectivity index (χ0) is 36.2. The lowest BCUT2D eigenvalue weighted by molar-refractivity contribution is -0.171. The van der Waals surface area contributed by atoms with Crippen molar-refractivity contribution in [3.8, 4) is 0 Å². The predicted octanol–water partition coefficient (Wildman–Crippen LogP) is 9.03. The standard InChI is InChI=1S/C44H49NO6S/c1-27(2)28-10-15-34-29(26-28)11-17-37-43(34,3)18-7-19-44(37,4)42(48)51-25-24-50-23-22-49-21-20-45-40(46)32-13-12-31-30-8-5-6-9-35(30)52-36-16-14-33(41(45)47)38(32)39(31)36/h5-6,8-9,11-14,16,26-27,34,37H,7,10,15,17-25H2,1-4H3. The minimum Gasteiger partial charge on any atom is -0.463 e. The molecule has 0 saturated heterocycles. The molecule has 52 heavy (non-hydrogen) atoms. The smallest absolute Gasteiger partial charge is 0.312 e. The largest absolute Gasteiger partial charge is 0.463 e. The van der Waals surface area contributed by atoms with Crippen LogP contribution in [0.15, 0.2) is 81.4 Å². The van der Waals surface area contributed by atoms with Crippen molar-refractivity contribution in [1.29, 1.82) is 0 Å². The number of allylic oxidation sites excluding steroid dienone is 4. The van der Waals surface area contributed by atoms with Crippen LogP contribution in [0.1, 0.15) is 66.2 Å². The van der Waals surface area contributed by atoms with Gasteiger partial charge in [-0.2, -0.15) is 0 Å². The van der Waals surface area contributed by atoms with Crippen molar-refractivity contribution in [2.24, 2.45) is 28.6 Å². The Labute approximate surface area is 308 Å². The van der Waals surface area contributed by atoms with Crippen molar-refractivity contribution in [2.45, 2.75) is 72.8 Å². The summed E-state index contributed by atoms with van der Waals surface area (Å²) < 4.78 is 20.9. The molecule has 2 heterocycles. The summed E-state index contributed by atoms with van der Waals surface area (Å²) in [5, 5.41) is 5.01. The molecule has 3 aliphatic carbocycles. The van der Waals surface area contributed by atoms with Gasteiger partial charge in [-0.25, -0.2) is 0 Å². The van der Waals surface area contributed by atoms with Gasteiger partial charge in [-0.3, -0.25) is 19.0 Å². The third kappa shape index (κ3) is 5.82. The summed E-state index contributed by atoms with van der Waals surface area (Å²) in [4.78, 5) is 40.8. The number of pyridine rings is 1. The molecule has 4 unspecified atom stereocenters. The maximum atomic E-state index is 13.6. The van der Waals surface area contributed by atoms with E-state index in [0.29, 0.717) is 42.4 Å². The molecule has 272 valence electrons. The first-order chi connectivity index (χ1) is 25.1. The number of nitrogens with zero attached hydrogens (tertiary/aromatic N) is 1. The third-order valence-corrected chi connectivity index (χ3v) is 13.9. The zero-order valence-electron chi connectivity index (χ0n) is 30.8. The second kappa shape index (κ2) is 13.9. The molecule has 1 saturated carbocycles. The van der Waals surface area contributed by atoms with Gasteiger partial charge in [-0.15, -0.1) is 11.3 Å². The molecule has 0 spiro atoms. The van der Waals surface area contributed by atoms with Crippen LogP contribution in [-0.2, 0) is 25.5 Å². The minimum atomic E-state index is -0.500. The van der Waals surface area contributed by atoms with Gasteiger partial charge >= 0.3 is 5.97 Å². The third-order valence-electron chi connectivity index (χ3n) is 12.8. The van der Waals surface area contributed by atoms with Crippen molar-refractivity contribution in [3.05, 3.63) is 92.5 Å². The fourth-order valence-electron chi connectivity index (χ4n) is 10.0. The number of ether oxygens (including phenoxy) is 3. The number of aromatic nitrogens is 1. The Hall–Kier alpha value is -3.85. The van der Waals surface area contributed by atoms with E-state index >= 15 is 0 Å². The predicted molar refractivity (Wildman–Crippen MR) is 211 cm³/mol. The highest BCUT2D eigenvalue weighted by Gasteiger charge is 2.57. The Morgan fingerprint density at radius 2 is 1.56 bits per heavy atom. The molecule has 8 heteroatoms. The van der Waals surface area contributed by atoms with Gasteiger partial charge in [0.2, 0.25) is 0 Å². The average Bonchev–Trinajstić information content (AvgIpc) is 3.14. The highest BCUT2D eigenvalue weighted by atomic mass is 32.1. The van der Waals surface area contributed by atoms with E-state index in [1.807, 2.05) is 36.4 Å². The summed E-state index contributed by atoms with van der Waals surface area (Å²) in [7, 11) is 0. The van der Waals surface area contributed by atoms with Gasteiger partial charge in [0.05, 0.1) is 38.4 Å². The Bertz CT molecular complexity index is 2320. The van der Waals surface area contributed by atoms with Crippen LogP contribution in [0, 0.1) is 28.6 Å². The number of esters is 1. The Kier molecular flexibility index (Phi) is 9.37. The first-order valence-corrected chi connectivity index (χ1v) is 19.9. The summed E-state index contributed by atoms with van der Waals surface area (Å²) in [6.07, 6.45) is 11.2. The molecular weight excluding hydrogens is 671 g/mol. The minimum absolute atomic E-state index is 0.101. The van der Waals surface area contributed by atoms with Crippen molar-refractivity contribution < 1.29 is 19.0 Å². The lowest BCUT2D eigenvalue weighted by Crippen LogP contribution is -2.53. The fraction of sp³-hybridized carbons (Fsp3) is 0.477. The van der Waals surface area contributed by atoms with Gasteiger partial charge in [-0.1, -0.05) is 69.2 Å². The molecule has 5 aromatic rings. The molecule has 0 bridgehead atoms. The van der Waals surface area contributed by atoms with Crippen LogP contribution < -0.4 is 11.1 Å². The monoisotopic (exact) mass is 719 g/mol. The zero-order valence-corrected chi connectivity index (χ0v) is 31.6. The molecule has 7 nitrogen and oxygen atoms in total. The highest BCUT2D eigenvalue weighted by molar-refractivity contribution is 7.25. The maximum Gasteiger partial charge on any atom is 0.312 e. The van der Waals surface area contributed by atoms with E-state index < -0.39 is 5.41 Å². The van der Waals surface area contributed by atoms with Gasteiger partial charge in [-0.05, 0) is 103 Å². The van der Waals surface area contributed by atoms with E-state index in [-0.39, 0.29) is 48.2 Å². The van der Waals surface area contributed by atoms with E-state index in [1.54, 1.807) is 16.9 Å². The molecule has 0 N–H and O–H groups in total. The molecule has 8 rings (SSSR count). The molecule has 2 aromatic heterocycles. The van der Waals surface area contributed by atoms with Crippen LogP contribution in [0.5, 0.6) is 0 Å². The number of fused-ring (bicyclic) bond motifs is 5. The van der Waals surface area contributed by atoms with E-state index in [9.17, 15) is 14.4 Å². The number of carbonyl (C=O) groups excluding carboxylic acids is 1. The first-order valence-electron chi connectivity index (χ1n) is 19.1. The van der Waals surface area contributed by atoms with Gasteiger partial charge in [0.1, 0.15) is 6.61 Å². The van der Waals surface area contributed by atoms with E-state index in [4.69, 9.17) is 14.2 Å². The number of benzene rings is 3. The van der Waals surface area contributed by atoms with Crippen LogP contribution in [0.2, 0.25) is 0 Å². The van der Waals surface area contributed by atoms with Crippen molar-refractivity contribution >= 4 is 59.0 Å². The van der Waals surface area contributed by atoms with Gasteiger partial charge in [0.25, 0.3) is 11.1 Å². The van der Waals surface area contributed by atoms with Crippen LogP contribution in [0.25, 0.3) is 41.7 Å². The average molecular weight is 720 g/mol. The fourth-order valence-corrected chi connectivity index (χ4v) is 11.2. The van der Waals surface area contributed by atoms with Gasteiger partial charge < -0.3 is 14.2 Å². The van der Waals surface area contributed by atoms with Gasteiger partial charge in [0.15, 0.2) is 0 Å². The van der Waals surface area contributed by atoms with Crippen molar-refractivity contribution in [1.82, 2.24) is 4.57 Å². The normalized spacial score (nSPS) is 24.7. The van der Waals surface area contributed by atoms with Crippen LogP contribution >= 0.6 is 11.3 Å². The molecule has 0 amide bonds.